The van der Waals surface area contributed by atoms with Crippen LogP contribution in [0.15, 0.2) is 60.7 Å². The Kier molecular flexibility index (Phi) is 17.5. The summed E-state index contributed by atoms with van der Waals surface area (Å²) in [5.74, 6) is 5.18. The summed E-state index contributed by atoms with van der Waals surface area (Å²) in [7, 11) is 0. The van der Waals surface area contributed by atoms with Crippen LogP contribution in [0, 0.1) is 5.41 Å². The molecule has 0 spiro atoms. The van der Waals surface area contributed by atoms with Gasteiger partial charge in [0.25, 0.3) is 0 Å². The smallest absolute Gasteiger partial charge is 0.793 e. The SMILES string of the molecule is N=C(CCCCC[S-])SN.NC(=O)Cc1cc2ccccc2s1.N[N-]C(=O)Cc1cc2ccccc2s1.[W+2]. The Bertz CT molecular complexity index is 1230. The maximum atomic E-state index is 11.0. The van der Waals surface area contributed by atoms with Crippen LogP contribution >= 0.6 is 34.6 Å². The van der Waals surface area contributed by atoms with Gasteiger partial charge >= 0.3 is 21.1 Å². The van der Waals surface area contributed by atoms with Gasteiger partial charge in [-0.15, -0.1) is 22.7 Å². The van der Waals surface area contributed by atoms with Crippen molar-refractivity contribution in [3.8, 4) is 0 Å². The number of amides is 2. The van der Waals surface area contributed by atoms with Gasteiger partial charge in [-0.05, 0) is 59.8 Å². The zero-order valence-electron chi connectivity index (χ0n) is 20.8. The molecular formula is C26H31N5O2S4W. The average molecular weight is 758 g/mol. The van der Waals surface area contributed by atoms with Gasteiger partial charge in [0, 0.05) is 25.6 Å². The van der Waals surface area contributed by atoms with E-state index in [0.717, 1.165) is 58.5 Å². The number of fused-ring (bicyclic) bond motifs is 2. The number of carbonyl (C=O) groups is 2. The summed E-state index contributed by atoms with van der Waals surface area (Å²) in [6.07, 6.45) is 4.75. The van der Waals surface area contributed by atoms with Crippen LogP contribution in [-0.4, -0.2) is 22.6 Å². The van der Waals surface area contributed by atoms with Crippen LogP contribution in [0.1, 0.15) is 35.4 Å². The van der Waals surface area contributed by atoms with Crippen molar-refractivity contribution in [2.45, 2.75) is 38.5 Å². The number of unbranched alkanes of at least 4 members (excludes halogenated alkanes) is 2. The maximum absolute atomic E-state index is 11.0. The van der Waals surface area contributed by atoms with Crippen LogP contribution < -0.4 is 16.7 Å². The second-order valence-electron chi connectivity index (χ2n) is 7.90. The molecule has 2 amide bonds. The Hall–Kier alpha value is -1.72. The largest absolute Gasteiger partial charge is 2.00 e. The number of rotatable bonds is 9. The minimum Gasteiger partial charge on any atom is -0.793 e. The Morgan fingerprint density at radius 3 is 1.87 bits per heavy atom. The Morgan fingerprint density at radius 2 is 1.42 bits per heavy atom. The fourth-order valence-corrected chi connectivity index (χ4v) is 5.83. The van der Waals surface area contributed by atoms with E-state index in [9.17, 15) is 9.59 Å². The van der Waals surface area contributed by atoms with Crippen LogP contribution in [0.2, 0.25) is 0 Å². The first kappa shape index (κ1) is 34.3. The molecule has 0 aliphatic rings. The molecule has 0 aliphatic carbocycles. The number of hydrogen-bond acceptors (Lipinski definition) is 9. The molecule has 0 saturated heterocycles. The second-order valence-corrected chi connectivity index (χ2v) is 11.4. The van der Waals surface area contributed by atoms with Crippen LogP contribution in [-0.2, 0) is 56.1 Å². The molecule has 0 bridgehead atoms. The van der Waals surface area contributed by atoms with Gasteiger partial charge in [0.05, 0.1) is 17.4 Å². The number of primary amides is 1. The van der Waals surface area contributed by atoms with E-state index in [1.165, 1.54) is 14.8 Å². The van der Waals surface area contributed by atoms with Crippen LogP contribution in [0.5, 0.6) is 0 Å². The Morgan fingerprint density at radius 1 is 0.895 bits per heavy atom. The molecule has 0 fully saturated rings. The number of nitrogens with zero attached hydrogens (tertiary/aromatic N) is 1. The summed E-state index contributed by atoms with van der Waals surface area (Å²) in [5.41, 5.74) is 8.24. The first-order valence-corrected chi connectivity index (χ1v) is 14.6. The Labute approximate surface area is 255 Å². The minimum atomic E-state index is -0.281. The van der Waals surface area contributed by atoms with Crippen LogP contribution in [0.4, 0.5) is 0 Å². The zero-order valence-corrected chi connectivity index (χ0v) is 27.0. The summed E-state index contributed by atoms with van der Waals surface area (Å²) in [5, 5.41) is 15.3. The van der Waals surface area contributed by atoms with Crippen molar-refractivity contribution in [2.24, 2.45) is 16.7 Å². The van der Waals surface area contributed by atoms with Gasteiger partial charge in [-0.2, -0.15) is 5.75 Å². The monoisotopic (exact) mass is 757 g/mol. The summed E-state index contributed by atoms with van der Waals surface area (Å²) in [4.78, 5) is 23.7. The molecule has 0 radical (unpaired) electrons. The fraction of sp³-hybridized carbons (Fsp3) is 0.269. The van der Waals surface area contributed by atoms with Gasteiger partial charge in [-0.25, -0.2) is 0 Å². The topological polar surface area (TPSA) is 150 Å². The van der Waals surface area contributed by atoms with Gasteiger partial charge in [0.1, 0.15) is 0 Å². The molecule has 38 heavy (non-hydrogen) atoms. The fourth-order valence-electron chi connectivity index (χ4n) is 3.24. The third-order valence-electron chi connectivity index (χ3n) is 4.96. The molecule has 0 saturated carbocycles. The standard InChI is InChI=1S/C10H10N2OS.C10H9NOS.C6H14N2S2.W/c11-12-10(13)6-8-5-7-3-1-2-4-9(7)14-8;11-10(12)6-8-5-7-3-1-2-4-9(7)13-8;7-6(10-8)4-2-1-3-5-9;/h1-5H,6,11H2,(H,12,13);1-5H,6H2,(H2,11,12);7,9H,1-5,8H2;/q;;;+2/p-2. The van der Waals surface area contributed by atoms with E-state index >= 15 is 0 Å². The average Bonchev–Trinajstić information content (AvgIpc) is 3.49. The quantitative estimate of drug-likeness (QED) is 0.0247. The number of nitrogens with one attached hydrogen (secondary N) is 1. The van der Waals surface area contributed by atoms with E-state index in [4.69, 9.17) is 34.8 Å². The van der Waals surface area contributed by atoms with Crippen molar-refractivity contribution in [3.05, 3.63) is 75.8 Å². The number of hydrogen-bond donors (Lipinski definition) is 4. The number of thiophene rings is 2. The summed E-state index contributed by atoms with van der Waals surface area (Å²) >= 11 is 9.05. The predicted octanol–water partition coefficient (Wildman–Crippen LogP) is 5.82. The van der Waals surface area contributed by atoms with Gasteiger partial charge in [0.15, 0.2) is 0 Å². The van der Waals surface area contributed by atoms with E-state index in [1.54, 1.807) is 22.7 Å². The summed E-state index contributed by atoms with van der Waals surface area (Å²) in [6.45, 7) is 0. The molecule has 2 heterocycles. The molecule has 202 valence electrons. The molecule has 0 unspecified atom stereocenters. The number of nitrogens with two attached hydrogens (primary N) is 3. The second kappa shape index (κ2) is 19.4. The number of carbonyl (C=O) groups excluding carboxylic acids is 2. The maximum Gasteiger partial charge on any atom is 2.00 e. The van der Waals surface area contributed by atoms with Crippen molar-refractivity contribution in [2.75, 3.05) is 5.75 Å². The van der Waals surface area contributed by atoms with Crippen molar-refractivity contribution >= 4 is 84.3 Å². The molecule has 4 aromatic rings. The van der Waals surface area contributed by atoms with E-state index in [1.807, 2.05) is 60.7 Å². The molecule has 4 rings (SSSR count). The van der Waals surface area contributed by atoms with Crippen molar-refractivity contribution in [1.29, 1.82) is 5.41 Å². The van der Waals surface area contributed by atoms with Gasteiger partial charge < -0.3 is 34.4 Å². The van der Waals surface area contributed by atoms with E-state index < -0.39 is 0 Å². The predicted molar refractivity (Wildman–Crippen MR) is 163 cm³/mol. The molecular weight excluding hydrogens is 726 g/mol. The van der Waals surface area contributed by atoms with Crippen LogP contribution in [0.25, 0.3) is 25.6 Å². The van der Waals surface area contributed by atoms with E-state index in [2.05, 4.69) is 5.43 Å². The van der Waals surface area contributed by atoms with Crippen LogP contribution in [0.3, 0.4) is 0 Å². The van der Waals surface area contributed by atoms with Crippen molar-refractivity contribution < 1.29 is 30.7 Å². The summed E-state index contributed by atoms with van der Waals surface area (Å²) < 4.78 is 2.39. The molecule has 2 aromatic heterocycles. The Balaban J connectivity index is 0.000000286. The molecule has 7 nitrogen and oxygen atoms in total. The third-order valence-corrected chi connectivity index (χ3v) is 7.97. The first-order chi connectivity index (χ1) is 17.9. The normalized spacial score (nSPS) is 9.97. The molecule has 0 atom stereocenters. The summed E-state index contributed by atoms with van der Waals surface area (Å²) in [6, 6.07) is 20.1. The molecule has 12 heteroatoms. The minimum absolute atomic E-state index is 0. The zero-order chi connectivity index (χ0) is 27.0. The van der Waals surface area contributed by atoms with Crippen molar-refractivity contribution in [3.63, 3.8) is 0 Å². The van der Waals surface area contributed by atoms with Crippen molar-refractivity contribution in [1.82, 2.24) is 0 Å². The van der Waals surface area contributed by atoms with Gasteiger partial charge in [-0.1, -0.05) is 49.2 Å². The van der Waals surface area contributed by atoms with E-state index in [-0.39, 0.29) is 32.9 Å². The molecule has 0 aliphatic heterocycles. The molecule has 7 N–H and O–H groups in total. The third kappa shape index (κ3) is 12.9. The van der Waals surface area contributed by atoms with Gasteiger partial charge in [-0.3, -0.25) is 15.3 Å². The first-order valence-electron chi connectivity index (χ1n) is 11.6. The molecule has 2 aromatic carbocycles. The number of benzene rings is 2. The van der Waals surface area contributed by atoms with Gasteiger partial charge in [0.2, 0.25) is 5.91 Å². The van der Waals surface area contributed by atoms with E-state index in [0.29, 0.717) is 17.9 Å².